The lowest BCUT2D eigenvalue weighted by molar-refractivity contribution is -0.122. The molecule has 0 saturated carbocycles. The number of amides is 1. The first-order valence-electron chi connectivity index (χ1n) is 9.24. The highest BCUT2D eigenvalue weighted by molar-refractivity contribution is 5.88. The molecule has 6 nitrogen and oxygen atoms in total. The van der Waals surface area contributed by atoms with Crippen molar-refractivity contribution in [2.45, 2.75) is 25.8 Å². The zero-order chi connectivity index (χ0) is 19.7. The fourth-order valence-corrected chi connectivity index (χ4v) is 3.35. The van der Waals surface area contributed by atoms with E-state index in [0.29, 0.717) is 5.82 Å². The van der Waals surface area contributed by atoms with Gasteiger partial charge in [-0.2, -0.15) is 0 Å². The minimum Gasteiger partial charge on any atom is -0.497 e. The highest BCUT2D eigenvalue weighted by Crippen LogP contribution is 2.25. The maximum absolute atomic E-state index is 12.8. The average Bonchev–Trinajstić information content (AvgIpc) is 3.16. The van der Waals surface area contributed by atoms with Crippen LogP contribution < -0.4 is 10.1 Å². The summed E-state index contributed by atoms with van der Waals surface area (Å²) in [5.74, 6) is 1.20. The summed E-state index contributed by atoms with van der Waals surface area (Å²) in [7, 11) is 1.65. The van der Waals surface area contributed by atoms with Gasteiger partial charge < -0.3 is 10.1 Å². The van der Waals surface area contributed by atoms with Crippen LogP contribution in [0.4, 0.5) is 0 Å². The maximum atomic E-state index is 12.8. The zero-order valence-electron chi connectivity index (χ0n) is 16.1. The third-order valence-electron chi connectivity index (χ3n) is 5.05. The standard InChI is InChI=1S/C22H22N4O2/c1-14(16-7-8-18-13-19(28-3)10-9-17(18)12-16)22(27)23-15(2)21-25-24-20-6-4-5-11-26(20)21/h4-15H,1-3H3,(H,23,27)/t14-,15+/m0/s1. The van der Waals surface area contributed by atoms with Crippen molar-refractivity contribution in [2.75, 3.05) is 7.11 Å². The second kappa shape index (κ2) is 7.31. The van der Waals surface area contributed by atoms with Gasteiger partial charge in [0.2, 0.25) is 5.91 Å². The van der Waals surface area contributed by atoms with Crippen molar-refractivity contribution in [3.8, 4) is 5.75 Å². The summed E-state index contributed by atoms with van der Waals surface area (Å²) in [5, 5.41) is 13.6. The van der Waals surface area contributed by atoms with E-state index >= 15 is 0 Å². The largest absolute Gasteiger partial charge is 0.497 e. The number of nitrogens with one attached hydrogen (secondary N) is 1. The Kier molecular flexibility index (Phi) is 4.69. The molecule has 2 atom stereocenters. The molecule has 2 aromatic heterocycles. The first-order chi connectivity index (χ1) is 13.6. The van der Waals surface area contributed by atoms with Gasteiger partial charge in [-0.25, -0.2) is 0 Å². The van der Waals surface area contributed by atoms with Crippen LogP contribution in [0.2, 0.25) is 0 Å². The van der Waals surface area contributed by atoms with Crippen LogP contribution in [0.15, 0.2) is 60.8 Å². The Morgan fingerprint density at radius 1 is 1.04 bits per heavy atom. The summed E-state index contributed by atoms with van der Waals surface area (Å²) in [5.41, 5.74) is 1.73. The summed E-state index contributed by atoms with van der Waals surface area (Å²) in [6.07, 6.45) is 1.90. The first-order valence-corrected chi connectivity index (χ1v) is 9.24. The molecular weight excluding hydrogens is 352 g/mol. The molecule has 0 bridgehead atoms. The highest BCUT2D eigenvalue weighted by Gasteiger charge is 2.21. The van der Waals surface area contributed by atoms with E-state index in [-0.39, 0.29) is 17.9 Å². The fraction of sp³-hybridized carbons (Fsp3) is 0.227. The van der Waals surface area contributed by atoms with Crippen molar-refractivity contribution in [1.82, 2.24) is 19.9 Å². The molecule has 0 spiro atoms. The number of aromatic nitrogens is 3. The number of benzene rings is 2. The Bertz CT molecular complexity index is 1150. The topological polar surface area (TPSA) is 68.5 Å². The van der Waals surface area contributed by atoms with Crippen molar-refractivity contribution in [3.05, 3.63) is 72.2 Å². The van der Waals surface area contributed by atoms with Crippen LogP contribution in [0.1, 0.15) is 37.2 Å². The normalized spacial score (nSPS) is 13.4. The van der Waals surface area contributed by atoms with Gasteiger partial charge in [-0.1, -0.05) is 30.3 Å². The number of rotatable bonds is 5. The first kappa shape index (κ1) is 18.0. The van der Waals surface area contributed by atoms with E-state index in [9.17, 15) is 4.79 Å². The zero-order valence-corrected chi connectivity index (χ0v) is 16.1. The van der Waals surface area contributed by atoms with Crippen molar-refractivity contribution in [1.29, 1.82) is 0 Å². The Morgan fingerprint density at radius 2 is 1.82 bits per heavy atom. The third kappa shape index (κ3) is 3.29. The molecule has 0 fully saturated rings. The van der Waals surface area contributed by atoms with Crippen LogP contribution in [0.5, 0.6) is 5.75 Å². The molecule has 0 radical (unpaired) electrons. The van der Waals surface area contributed by atoms with Crippen LogP contribution in [-0.2, 0) is 4.79 Å². The van der Waals surface area contributed by atoms with Crippen LogP contribution in [0.25, 0.3) is 16.4 Å². The second-order valence-electron chi connectivity index (χ2n) is 6.91. The summed E-state index contributed by atoms with van der Waals surface area (Å²) in [6.45, 7) is 3.83. The Morgan fingerprint density at radius 3 is 2.64 bits per heavy atom. The summed E-state index contributed by atoms with van der Waals surface area (Å²) >= 11 is 0. The molecule has 6 heteroatoms. The smallest absolute Gasteiger partial charge is 0.227 e. The summed E-state index contributed by atoms with van der Waals surface area (Å²) in [4.78, 5) is 12.8. The van der Waals surface area contributed by atoms with E-state index in [0.717, 1.165) is 27.7 Å². The van der Waals surface area contributed by atoms with Gasteiger partial charge in [0.1, 0.15) is 5.75 Å². The molecule has 0 saturated heterocycles. The number of hydrogen-bond donors (Lipinski definition) is 1. The minimum atomic E-state index is -0.284. The van der Waals surface area contributed by atoms with Gasteiger partial charge in [-0.3, -0.25) is 9.20 Å². The van der Waals surface area contributed by atoms with E-state index in [2.05, 4.69) is 21.6 Å². The number of methoxy groups -OCH3 is 1. The molecule has 0 unspecified atom stereocenters. The van der Waals surface area contributed by atoms with Crippen LogP contribution in [-0.4, -0.2) is 27.6 Å². The van der Waals surface area contributed by atoms with Crippen molar-refractivity contribution in [2.24, 2.45) is 0 Å². The van der Waals surface area contributed by atoms with Gasteiger partial charge in [0.15, 0.2) is 11.5 Å². The Labute approximate surface area is 163 Å². The number of carbonyl (C=O) groups is 1. The van der Waals surface area contributed by atoms with E-state index in [4.69, 9.17) is 4.74 Å². The summed E-state index contributed by atoms with van der Waals surface area (Å²) < 4.78 is 7.16. The minimum absolute atomic E-state index is 0.0481. The highest BCUT2D eigenvalue weighted by atomic mass is 16.5. The van der Waals surface area contributed by atoms with Gasteiger partial charge in [-0.05, 0) is 54.4 Å². The maximum Gasteiger partial charge on any atom is 0.227 e. The predicted octanol–water partition coefficient (Wildman–Crippen LogP) is 3.87. The quantitative estimate of drug-likeness (QED) is 0.576. The van der Waals surface area contributed by atoms with Gasteiger partial charge in [0.05, 0.1) is 19.1 Å². The predicted molar refractivity (Wildman–Crippen MR) is 108 cm³/mol. The molecule has 0 aliphatic rings. The van der Waals surface area contributed by atoms with E-state index in [1.54, 1.807) is 7.11 Å². The molecule has 1 N–H and O–H groups in total. The van der Waals surface area contributed by atoms with Crippen LogP contribution >= 0.6 is 0 Å². The molecule has 4 aromatic rings. The lowest BCUT2D eigenvalue weighted by Crippen LogP contribution is -2.31. The van der Waals surface area contributed by atoms with Crippen molar-refractivity contribution >= 4 is 22.3 Å². The van der Waals surface area contributed by atoms with Crippen molar-refractivity contribution in [3.63, 3.8) is 0 Å². The van der Waals surface area contributed by atoms with Gasteiger partial charge in [-0.15, -0.1) is 10.2 Å². The van der Waals surface area contributed by atoms with Crippen molar-refractivity contribution < 1.29 is 9.53 Å². The second-order valence-corrected chi connectivity index (χ2v) is 6.91. The number of ether oxygens (including phenoxy) is 1. The lowest BCUT2D eigenvalue weighted by atomic mass is 9.96. The molecule has 2 heterocycles. The van der Waals surface area contributed by atoms with E-state index in [1.807, 2.05) is 73.0 Å². The molecule has 142 valence electrons. The van der Waals surface area contributed by atoms with Gasteiger partial charge >= 0.3 is 0 Å². The van der Waals surface area contributed by atoms with Crippen LogP contribution in [0, 0.1) is 0 Å². The number of pyridine rings is 1. The number of fused-ring (bicyclic) bond motifs is 2. The SMILES string of the molecule is COc1ccc2cc([C@H](C)C(=O)N[C@H](C)c3nnc4ccccn34)ccc2c1. The Hall–Kier alpha value is -3.41. The summed E-state index contributed by atoms with van der Waals surface area (Å²) in [6, 6.07) is 17.4. The molecule has 0 aliphatic heterocycles. The van der Waals surface area contributed by atoms with E-state index < -0.39 is 0 Å². The number of nitrogens with zero attached hydrogens (tertiary/aromatic N) is 3. The number of hydrogen-bond acceptors (Lipinski definition) is 4. The third-order valence-corrected chi connectivity index (χ3v) is 5.05. The number of carbonyl (C=O) groups excluding carboxylic acids is 1. The molecule has 2 aromatic carbocycles. The van der Waals surface area contributed by atoms with E-state index in [1.165, 1.54) is 0 Å². The average molecular weight is 374 g/mol. The molecular formula is C22H22N4O2. The monoisotopic (exact) mass is 374 g/mol. The van der Waals surface area contributed by atoms with Crippen LogP contribution in [0.3, 0.4) is 0 Å². The Balaban J connectivity index is 1.53. The van der Waals surface area contributed by atoms with Gasteiger partial charge in [0.25, 0.3) is 0 Å². The van der Waals surface area contributed by atoms with Gasteiger partial charge in [0, 0.05) is 6.20 Å². The lowest BCUT2D eigenvalue weighted by Gasteiger charge is -2.17. The fourth-order valence-electron chi connectivity index (χ4n) is 3.35. The molecule has 0 aliphatic carbocycles. The molecule has 4 rings (SSSR count). The molecule has 1 amide bonds. The molecule has 28 heavy (non-hydrogen) atoms.